The van der Waals surface area contributed by atoms with E-state index in [9.17, 15) is 4.79 Å². The third-order valence-corrected chi connectivity index (χ3v) is 4.14. The first-order valence-electron chi connectivity index (χ1n) is 7.26. The van der Waals surface area contributed by atoms with Crippen LogP contribution in [0, 0.1) is 5.92 Å². The van der Waals surface area contributed by atoms with E-state index < -0.39 is 0 Å². The molecule has 0 unspecified atom stereocenters. The van der Waals surface area contributed by atoms with Crippen LogP contribution in [0.2, 0.25) is 5.02 Å². The molecule has 0 radical (unpaired) electrons. The van der Waals surface area contributed by atoms with Crippen molar-refractivity contribution in [1.29, 1.82) is 0 Å². The van der Waals surface area contributed by atoms with Gasteiger partial charge in [0.2, 0.25) is 5.91 Å². The van der Waals surface area contributed by atoms with Gasteiger partial charge in [-0.2, -0.15) is 0 Å². The van der Waals surface area contributed by atoms with Crippen molar-refractivity contribution in [2.24, 2.45) is 5.92 Å². The molecule has 2 atom stereocenters. The summed E-state index contributed by atoms with van der Waals surface area (Å²) in [4.78, 5) is 11.9. The molecular formula is C17H18ClNO2. The number of amides is 1. The van der Waals surface area contributed by atoms with Crippen LogP contribution >= 0.6 is 11.6 Å². The van der Waals surface area contributed by atoms with Gasteiger partial charge in [-0.25, -0.2) is 0 Å². The van der Waals surface area contributed by atoms with Crippen molar-refractivity contribution >= 4 is 23.2 Å². The summed E-state index contributed by atoms with van der Waals surface area (Å²) in [7, 11) is 0. The summed E-state index contributed by atoms with van der Waals surface area (Å²) in [6, 6.07) is 11.1. The Morgan fingerprint density at radius 3 is 2.67 bits per heavy atom. The van der Waals surface area contributed by atoms with E-state index in [1.165, 1.54) is 6.42 Å². The molecule has 0 spiro atoms. The van der Waals surface area contributed by atoms with Crippen molar-refractivity contribution in [2.45, 2.75) is 32.1 Å². The van der Waals surface area contributed by atoms with E-state index in [0.717, 1.165) is 23.1 Å². The normalized spacial score (nSPS) is 20.3. The van der Waals surface area contributed by atoms with Crippen LogP contribution in [-0.4, -0.2) is 5.91 Å². The Balaban J connectivity index is 1.49. The van der Waals surface area contributed by atoms with Gasteiger partial charge in [0.1, 0.15) is 11.5 Å². The van der Waals surface area contributed by atoms with Gasteiger partial charge in [-0.15, -0.1) is 0 Å². The highest BCUT2D eigenvalue weighted by Gasteiger charge is 2.36. The quantitative estimate of drug-likeness (QED) is 0.875. The minimum atomic E-state index is -0.0185. The second kappa shape index (κ2) is 5.94. The van der Waals surface area contributed by atoms with Gasteiger partial charge in [0.25, 0.3) is 0 Å². The highest BCUT2D eigenvalue weighted by atomic mass is 35.5. The first kappa shape index (κ1) is 14.2. The number of hydrogen-bond donors (Lipinski definition) is 1. The average molecular weight is 304 g/mol. The first-order valence-corrected chi connectivity index (χ1v) is 7.63. The third kappa shape index (κ3) is 3.67. The molecule has 0 aliphatic heterocycles. The molecule has 3 rings (SSSR count). The van der Waals surface area contributed by atoms with Crippen molar-refractivity contribution < 1.29 is 9.21 Å². The fourth-order valence-corrected chi connectivity index (χ4v) is 2.57. The summed E-state index contributed by atoms with van der Waals surface area (Å²) in [6.07, 6.45) is 2.25. The monoisotopic (exact) mass is 303 g/mol. The first-order chi connectivity index (χ1) is 10.1. The van der Waals surface area contributed by atoms with Gasteiger partial charge < -0.3 is 9.73 Å². The number of rotatable bonds is 5. The predicted molar refractivity (Wildman–Crippen MR) is 83.6 cm³/mol. The summed E-state index contributed by atoms with van der Waals surface area (Å²) >= 11 is 5.81. The van der Waals surface area contributed by atoms with Gasteiger partial charge >= 0.3 is 0 Å². The molecule has 0 bridgehead atoms. The number of halogens is 1. The zero-order valence-corrected chi connectivity index (χ0v) is 12.7. The molecule has 1 heterocycles. The topological polar surface area (TPSA) is 42.2 Å². The maximum atomic E-state index is 11.9. The average Bonchev–Trinajstić information content (AvgIpc) is 3.01. The van der Waals surface area contributed by atoms with Crippen molar-refractivity contribution in [2.75, 3.05) is 5.32 Å². The largest absolute Gasteiger partial charge is 0.466 e. The zero-order chi connectivity index (χ0) is 14.8. The van der Waals surface area contributed by atoms with Crippen LogP contribution in [-0.2, 0) is 11.2 Å². The van der Waals surface area contributed by atoms with Crippen LogP contribution in [0.5, 0.6) is 0 Å². The highest BCUT2D eigenvalue weighted by Crippen LogP contribution is 2.47. The Labute approximate surface area is 129 Å². The molecular weight excluding hydrogens is 286 g/mol. The Morgan fingerprint density at radius 1 is 1.29 bits per heavy atom. The maximum absolute atomic E-state index is 11.9. The fraction of sp³-hybridized carbons (Fsp3) is 0.353. The lowest BCUT2D eigenvalue weighted by atomic mass is 10.2. The van der Waals surface area contributed by atoms with Gasteiger partial charge in [-0.3, -0.25) is 4.79 Å². The molecule has 1 aromatic heterocycles. The number of carbonyl (C=O) groups excluding carboxylic acids is 1. The highest BCUT2D eigenvalue weighted by molar-refractivity contribution is 6.30. The molecule has 1 aromatic carbocycles. The fourth-order valence-electron chi connectivity index (χ4n) is 2.44. The summed E-state index contributed by atoms with van der Waals surface area (Å²) in [5.41, 5.74) is 0.760. The molecule has 0 saturated heterocycles. The summed E-state index contributed by atoms with van der Waals surface area (Å²) in [5.74, 6) is 3.25. The van der Waals surface area contributed by atoms with E-state index in [1.807, 2.05) is 12.1 Å². The smallest absolute Gasteiger partial charge is 0.224 e. The van der Waals surface area contributed by atoms with Crippen molar-refractivity contribution in [3.63, 3.8) is 0 Å². The molecule has 1 amide bonds. The second-order valence-corrected chi connectivity index (χ2v) is 6.12. The second-order valence-electron chi connectivity index (χ2n) is 5.68. The third-order valence-electron chi connectivity index (χ3n) is 3.88. The minimum absolute atomic E-state index is 0.0185. The van der Waals surface area contributed by atoms with E-state index in [-0.39, 0.29) is 5.91 Å². The Kier molecular flexibility index (Phi) is 4.02. The Morgan fingerprint density at radius 2 is 2.00 bits per heavy atom. The van der Waals surface area contributed by atoms with E-state index >= 15 is 0 Å². The van der Waals surface area contributed by atoms with Crippen LogP contribution in [0.25, 0.3) is 0 Å². The molecule has 1 aliphatic carbocycles. The summed E-state index contributed by atoms with van der Waals surface area (Å²) < 4.78 is 5.80. The van der Waals surface area contributed by atoms with Crippen LogP contribution in [0.4, 0.5) is 5.69 Å². The van der Waals surface area contributed by atoms with Gasteiger partial charge in [0.15, 0.2) is 0 Å². The lowest BCUT2D eigenvalue weighted by molar-refractivity contribution is -0.116. The molecule has 110 valence electrons. The lowest BCUT2D eigenvalue weighted by Gasteiger charge is -2.04. The van der Waals surface area contributed by atoms with Gasteiger partial charge in [0, 0.05) is 29.5 Å². The van der Waals surface area contributed by atoms with E-state index in [1.54, 1.807) is 24.3 Å². The number of nitrogens with one attached hydrogen (secondary N) is 1. The Hall–Kier alpha value is -1.74. The van der Waals surface area contributed by atoms with Gasteiger partial charge in [-0.05, 0) is 48.7 Å². The van der Waals surface area contributed by atoms with Gasteiger partial charge in [0.05, 0.1) is 0 Å². The van der Waals surface area contributed by atoms with E-state index in [4.69, 9.17) is 16.0 Å². The molecule has 2 aromatic rings. The maximum Gasteiger partial charge on any atom is 0.224 e. The summed E-state index contributed by atoms with van der Waals surface area (Å²) in [6.45, 7) is 2.23. The molecule has 1 fully saturated rings. The molecule has 1 aliphatic rings. The van der Waals surface area contributed by atoms with Crippen molar-refractivity contribution in [3.8, 4) is 0 Å². The van der Waals surface area contributed by atoms with Crippen LogP contribution < -0.4 is 5.32 Å². The Bertz CT molecular complexity index is 632. The van der Waals surface area contributed by atoms with Gasteiger partial charge in [-0.1, -0.05) is 18.5 Å². The number of anilines is 1. The molecule has 1 N–H and O–H groups in total. The van der Waals surface area contributed by atoms with Crippen LogP contribution in [0.1, 0.15) is 37.2 Å². The van der Waals surface area contributed by atoms with Crippen LogP contribution in [0.15, 0.2) is 40.8 Å². The predicted octanol–water partition coefficient (Wildman–Crippen LogP) is 4.63. The van der Waals surface area contributed by atoms with E-state index in [0.29, 0.717) is 23.8 Å². The number of aryl methyl sites for hydroxylation is 1. The zero-order valence-electron chi connectivity index (χ0n) is 11.9. The molecule has 21 heavy (non-hydrogen) atoms. The summed E-state index contributed by atoms with van der Waals surface area (Å²) in [5, 5.41) is 3.51. The number of hydrogen-bond acceptors (Lipinski definition) is 2. The minimum Gasteiger partial charge on any atom is -0.466 e. The standard InChI is InChI=1S/C17H18ClNO2/c1-11-10-15(11)16-8-6-14(21-16)7-9-17(20)19-13-4-2-12(18)3-5-13/h2-6,8,11,15H,7,9-10H2,1H3,(H,19,20)/t11-,15-/m1/s1. The van der Waals surface area contributed by atoms with E-state index in [2.05, 4.69) is 12.2 Å². The molecule has 1 saturated carbocycles. The van der Waals surface area contributed by atoms with Crippen molar-refractivity contribution in [1.82, 2.24) is 0 Å². The van der Waals surface area contributed by atoms with Crippen LogP contribution in [0.3, 0.4) is 0 Å². The lowest BCUT2D eigenvalue weighted by Crippen LogP contribution is -2.11. The molecule has 4 heteroatoms. The SMILES string of the molecule is C[C@@H]1C[C@H]1c1ccc(CCC(=O)Nc2ccc(Cl)cc2)o1. The number of furan rings is 1. The molecule has 3 nitrogen and oxygen atoms in total. The number of benzene rings is 1. The number of carbonyl (C=O) groups is 1. The van der Waals surface area contributed by atoms with Crippen molar-refractivity contribution in [3.05, 3.63) is 52.9 Å².